The van der Waals surface area contributed by atoms with Crippen molar-refractivity contribution in [3.8, 4) is 0 Å². The topological polar surface area (TPSA) is 111 Å². The maximum absolute atomic E-state index is 12.6. The molecule has 0 aliphatic carbocycles. The minimum Gasteiger partial charge on any atom is -0.756 e. The fraction of sp³-hybridized carbons (Fsp3) is 0.905. The SMILES string of the molecule is CCCCCCCCC=CCCCCCCCC(=O)OCC(COP(=O)([O-])OCC[N+](C)(C)C)OC(=O)CCCCCCCCCCCCCCC. The van der Waals surface area contributed by atoms with Crippen LogP contribution in [0.1, 0.15) is 194 Å². The van der Waals surface area contributed by atoms with E-state index in [0.29, 0.717) is 17.4 Å². The molecule has 0 aliphatic heterocycles. The van der Waals surface area contributed by atoms with Gasteiger partial charge in [0, 0.05) is 12.8 Å². The molecule has 2 unspecified atom stereocenters. The number of phosphoric acid groups is 1. The summed E-state index contributed by atoms with van der Waals surface area (Å²) in [6.07, 6.45) is 35.1. The lowest BCUT2D eigenvalue weighted by atomic mass is 10.0. The van der Waals surface area contributed by atoms with Crippen LogP contribution in [0.3, 0.4) is 0 Å². The van der Waals surface area contributed by atoms with Crippen LogP contribution in [-0.2, 0) is 32.7 Å². The summed E-state index contributed by atoms with van der Waals surface area (Å²) in [5, 5.41) is 0. The predicted molar refractivity (Wildman–Crippen MR) is 213 cm³/mol. The van der Waals surface area contributed by atoms with Crippen LogP contribution in [0.5, 0.6) is 0 Å². The highest BCUT2D eigenvalue weighted by Crippen LogP contribution is 2.38. The van der Waals surface area contributed by atoms with Crippen LogP contribution in [0.2, 0.25) is 0 Å². The van der Waals surface area contributed by atoms with Crippen LogP contribution in [0.4, 0.5) is 0 Å². The summed E-state index contributed by atoms with van der Waals surface area (Å²) in [5.41, 5.74) is 0. The fourth-order valence-corrected chi connectivity index (χ4v) is 6.61. The van der Waals surface area contributed by atoms with Crippen molar-refractivity contribution in [1.29, 1.82) is 0 Å². The van der Waals surface area contributed by atoms with Gasteiger partial charge in [0.1, 0.15) is 19.8 Å². The van der Waals surface area contributed by atoms with Crippen molar-refractivity contribution in [1.82, 2.24) is 0 Å². The van der Waals surface area contributed by atoms with Crippen molar-refractivity contribution in [2.24, 2.45) is 0 Å². The van der Waals surface area contributed by atoms with E-state index in [-0.39, 0.29) is 32.0 Å². The fourth-order valence-electron chi connectivity index (χ4n) is 5.88. The Morgan fingerprint density at radius 1 is 0.577 bits per heavy atom. The summed E-state index contributed by atoms with van der Waals surface area (Å²) in [6, 6.07) is 0. The zero-order valence-electron chi connectivity index (χ0n) is 34.5. The molecule has 9 nitrogen and oxygen atoms in total. The molecule has 0 saturated carbocycles. The molecule has 0 amide bonds. The van der Waals surface area contributed by atoms with Crippen molar-refractivity contribution >= 4 is 19.8 Å². The minimum absolute atomic E-state index is 0.0290. The van der Waals surface area contributed by atoms with E-state index >= 15 is 0 Å². The number of hydrogen-bond donors (Lipinski definition) is 0. The first-order valence-electron chi connectivity index (χ1n) is 21.4. The van der Waals surface area contributed by atoms with E-state index in [9.17, 15) is 19.0 Å². The van der Waals surface area contributed by atoms with Gasteiger partial charge in [-0.2, -0.15) is 0 Å². The van der Waals surface area contributed by atoms with Gasteiger partial charge < -0.3 is 27.9 Å². The summed E-state index contributed by atoms with van der Waals surface area (Å²) in [7, 11) is 1.17. The molecule has 10 heteroatoms. The Balaban J connectivity index is 4.37. The molecule has 0 N–H and O–H groups in total. The summed E-state index contributed by atoms with van der Waals surface area (Å²) >= 11 is 0. The first kappa shape index (κ1) is 50.8. The maximum atomic E-state index is 12.6. The number of likely N-dealkylation sites (N-methyl/N-ethyl adjacent to an activating group) is 1. The number of ether oxygens (including phenoxy) is 2. The second-order valence-corrected chi connectivity index (χ2v) is 17.1. The molecule has 0 rings (SSSR count). The monoisotopic (exact) mass is 760 g/mol. The van der Waals surface area contributed by atoms with Crippen LogP contribution in [0, 0.1) is 0 Å². The number of rotatable bonds is 39. The van der Waals surface area contributed by atoms with E-state index in [0.717, 1.165) is 51.4 Å². The third-order valence-corrected chi connectivity index (χ3v) is 10.2. The Hall–Kier alpha value is -1.25. The van der Waals surface area contributed by atoms with Crippen molar-refractivity contribution in [2.45, 2.75) is 200 Å². The Morgan fingerprint density at radius 2 is 0.981 bits per heavy atom. The number of phosphoric ester groups is 1. The van der Waals surface area contributed by atoms with E-state index in [4.69, 9.17) is 18.5 Å². The molecule has 2 atom stereocenters. The van der Waals surface area contributed by atoms with Gasteiger partial charge in [-0.05, 0) is 38.5 Å². The number of carbonyl (C=O) groups excluding carboxylic acids is 2. The number of carbonyl (C=O) groups is 2. The second kappa shape index (κ2) is 35.5. The number of hydrogen-bond acceptors (Lipinski definition) is 8. The molecule has 0 radical (unpaired) electrons. The zero-order valence-corrected chi connectivity index (χ0v) is 35.4. The molecule has 0 bridgehead atoms. The number of quaternary nitrogens is 1. The Labute approximate surface area is 320 Å². The molecule has 52 heavy (non-hydrogen) atoms. The third-order valence-electron chi connectivity index (χ3n) is 9.29. The lowest BCUT2D eigenvalue weighted by Gasteiger charge is -2.28. The third kappa shape index (κ3) is 38.5. The van der Waals surface area contributed by atoms with Gasteiger partial charge in [-0.15, -0.1) is 0 Å². The van der Waals surface area contributed by atoms with Crippen LogP contribution in [0.25, 0.3) is 0 Å². The molecule has 0 aromatic heterocycles. The molecular weight excluding hydrogens is 677 g/mol. The summed E-state index contributed by atoms with van der Waals surface area (Å²) in [4.78, 5) is 37.4. The van der Waals surface area contributed by atoms with Gasteiger partial charge in [0.25, 0.3) is 7.82 Å². The lowest BCUT2D eigenvalue weighted by Crippen LogP contribution is -2.37. The van der Waals surface area contributed by atoms with Crippen molar-refractivity contribution in [3.63, 3.8) is 0 Å². The van der Waals surface area contributed by atoms with Crippen molar-refractivity contribution < 1.29 is 42.1 Å². The minimum atomic E-state index is -4.62. The van der Waals surface area contributed by atoms with Gasteiger partial charge in [0.05, 0.1) is 27.7 Å². The molecule has 0 spiro atoms. The molecule has 0 aliphatic rings. The molecule has 308 valence electrons. The average Bonchev–Trinajstić information content (AvgIpc) is 3.09. The van der Waals surface area contributed by atoms with Gasteiger partial charge in [0.15, 0.2) is 6.10 Å². The highest BCUT2D eigenvalue weighted by Gasteiger charge is 2.21. The second-order valence-electron chi connectivity index (χ2n) is 15.7. The summed E-state index contributed by atoms with van der Waals surface area (Å²) in [5.74, 6) is -0.837. The number of unbranched alkanes of at least 4 members (excludes halogenated alkanes) is 23. The van der Waals surface area contributed by atoms with E-state index < -0.39 is 26.5 Å². The summed E-state index contributed by atoms with van der Waals surface area (Å²) < 4.78 is 33.8. The number of nitrogens with zero attached hydrogens (tertiary/aromatic N) is 1. The number of allylic oxidation sites excluding steroid dienone is 2. The Bertz CT molecular complexity index is 907. The van der Waals surface area contributed by atoms with Crippen molar-refractivity contribution in [3.05, 3.63) is 12.2 Å². The van der Waals surface area contributed by atoms with E-state index in [1.54, 1.807) is 0 Å². The molecular formula is C42H82NO8P. The average molecular weight is 760 g/mol. The number of esters is 2. The van der Waals surface area contributed by atoms with Crippen LogP contribution in [0.15, 0.2) is 12.2 Å². The highest BCUT2D eigenvalue weighted by molar-refractivity contribution is 7.45. The van der Waals surface area contributed by atoms with Crippen LogP contribution in [-0.4, -0.2) is 70.0 Å². The maximum Gasteiger partial charge on any atom is 0.306 e. The van der Waals surface area contributed by atoms with Gasteiger partial charge in [-0.1, -0.05) is 154 Å². The zero-order chi connectivity index (χ0) is 38.6. The molecule has 0 aromatic carbocycles. The normalized spacial score (nSPS) is 13.7. The molecule has 0 fully saturated rings. The van der Waals surface area contributed by atoms with Gasteiger partial charge in [-0.25, -0.2) is 0 Å². The van der Waals surface area contributed by atoms with Crippen LogP contribution >= 0.6 is 7.82 Å². The molecule has 0 aromatic rings. The van der Waals surface area contributed by atoms with Gasteiger partial charge >= 0.3 is 11.9 Å². The lowest BCUT2D eigenvalue weighted by molar-refractivity contribution is -0.870. The van der Waals surface area contributed by atoms with Crippen molar-refractivity contribution in [2.75, 3.05) is 47.5 Å². The smallest absolute Gasteiger partial charge is 0.306 e. The van der Waals surface area contributed by atoms with E-state index in [1.807, 2.05) is 21.1 Å². The Morgan fingerprint density at radius 3 is 1.42 bits per heavy atom. The summed E-state index contributed by atoms with van der Waals surface area (Å²) in [6.45, 7) is 4.22. The van der Waals surface area contributed by atoms with Gasteiger partial charge in [-0.3, -0.25) is 14.2 Å². The first-order chi connectivity index (χ1) is 25.0. The van der Waals surface area contributed by atoms with Crippen LogP contribution < -0.4 is 4.89 Å². The standard InChI is InChI=1S/C42H82NO8P/c1-6-8-10-12-14-16-18-20-21-23-24-26-28-30-32-34-41(44)48-38-40(39-50-52(46,47)49-37-36-43(3,4)5)51-42(45)35-33-31-29-27-25-22-19-17-15-13-11-9-7-2/h20-21,40H,6-19,22-39H2,1-5H3. The van der Waals surface area contributed by atoms with E-state index in [1.165, 1.54) is 109 Å². The molecule has 0 saturated heterocycles. The predicted octanol–water partition coefficient (Wildman–Crippen LogP) is 11.2. The Kier molecular flexibility index (Phi) is 34.6. The largest absolute Gasteiger partial charge is 0.756 e. The van der Waals surface area contributed by atoms with Gasteiger partial charge in [0.2, 0.25) is 0 Å². The first-order valence-corrected chi connectivity index (χ1v) is 22.9. The quantitative estimate of drug-likeness (QED) is 0.0200. The highest BCUT2D eigenvalue weighted by atomic mass is 31.2. The molecule has 0 heterocycles. The van der Waals surface area contributed by atoms with E-state index in [2.05, 4.69) is 26.0 Å².